The minimum atomic E-state index is 0.704. The van der Waals surface area contributed by atoms with Crippen LogP contribution in [0.3, 0.4) is 0 Å². The van der Waals surface area contributed by atoms with Crippen LogP contribution >= 0.6 is 11.3 Å². The van der Waals surface area contributed by atoms with E-state index in [-0.39, 0.29) is 0 Å². The number of furan rings is 1. The first-order chi connectivity index (χ1) is 9.33. The zero-order chi connectivity index (χ0) is 13.1. The largest absolute Gasteiger partial charge is 0.467 e. The Morgan fingerprint density at radius 1 is 1.21 bits per heavy atom. The number of thiazole rings is 1. The van der Waals surface area contributed by atoms with E-state index in [1.165, 1.54) is 5.56 Å². The highest BCUT2D eigenvalue weighted by atomic mass is 32.1. The molecule has 0 saturated heterocycles. The van der Waals surface area contributed by atoms with Crippen LogP contribution in [0.2, 0.25) is 0 Å². The number of hydrogen-bond acceptors (Lipinski definition) is 4. The molecule has 0 amide bonds. The van der Waals surface area contributed by atoms with Gasteiger partial charge >= 0.3 is 0 Å². The SMILES string of the molecule is Cc1ccoc1CNc1ccc(-c2nccs2)cc1. The molecule has 4 heteroatoms. The van der Waals surface area contributed by atoms with Crippen LogP contribution < -0.4 is 5.32 Å². The number of nitrogens with zero attached hydrogens (tertiary/aromatic N) is 1. The van der Waals surface area contributed by atoms with Gasteiger partial charge in [0.2, 0.25) is 0 Å². The van der Waals surface area contributed by atoms with Crippen LogP contribution in [-0.4, -0.2) is 4.98 Å². The average Bonchev–Trinajstić information content (AvgIpc) is 3.09. The quantitative estimate of drug-likeness (QED) is 0.767. The number of nitrogens with one attached hydrogen (secondary N) is 1. The van der Waals surface area contributed by atoms with Crippen molar-refractivity contribution in [3.05, 3.63) is 59.5 Å². The van der Waals surface area contributed by atoms with Gasteiger partial charge in [0.15, 0.2) is 0 Å². The Hall–Kier alpha value is -2.07. The second-order valence-electron chi connectivity index (χ2n) is 4.29. The van der Waals surface area contributed by atoms with Gasteiger partial charge in [-0.15, -0.1) is 11.3 Å². The van der Waals surface area contributed by atoms with E-state index in [1.54, 1.807) is 17.6 Å². The molecule has 0 aliphatic carbocycles. The predicted octanol–water partition coefficient (Wildman–Crippen LogP) is 4.32. The standard InChI is InChI=1S/C15H14N2OS/c1-11-6-8-18-14(11)10-17-13-4-2-12(3-5-13)15-16-7-9-19-15/h2-9,17H,10H2,1H3. The highest BCUT2D eigenvalue weighted by molar-refractivity contribution is 7.13. The first-order valence-electron chi connectivity index (χ1n) is 6.10. The highest BCUT2D eigenvalue weighted by Gasteiger charge is 2.03. The Morgan fingerprint density at radius 2 is 2.05 bits per heavy atom. The Morgan fingerprint density at radius 3 is 2.68 bits per heavy atom. The lowest BCUT2D eigenvalue weighted by molar-refractivity contribution is 0.515. The summed E-state index contributed by atoms with van der Waals surface area (Å²) in [4.78, 5) is 4.30. The molecule has 96 valence electrons. The third-order valence-corrected chi connectivity index (χ3v) is 3.81. The molecule has 2 heterocycles. The van der Waals surface area contributed by atoms with Crippen LogP contribution in [0.25, 0.3) is 10.6 Å². The molecule has 0 aliphatic rings. The van der Waals surface area contributed by atoms with Gasteiger partial charge in [0, 0.05) is 22.8 Å². The molecule has 0 spiro atoms. The number of benzene rings is 1. The fourth-order valence-electron chi connectivity index (χ4n) is 1.86. The summed E-state index contributed by atoms with van der Waals surface area (Å²) < 4.78 is 5.40. The minimum absolute atomic E-state index is 0.704. The van der Waals surface area contributed by atoms with Crippen LogP contribution in [0.1, 0.15) is 11.3 Å². The molecule has 0 atom stereocenters. The van der Waals surface area contributed by atoms with E-state index in [0.717, 1.165) is 22.0 Å². The number of rotatable bonds is 4. The Balaban J connectivity index is 1.68. The summed E-state index contributed by atoms with van der Waals surface area (Å²) in [6, 6.07) is 10.3. The fourth-order valence-corrected chi connectivity index (χ4v) is 2.51. The van der Waals surface area contributed by atoms with Crippen molar-refractivity contribution >= 4 is 17.0 Å². The van der Waals surface area contributed by atoms with E-state index < -0.39 is 0 Å². The van der Waals surface area contributed by atoms with Crippen molar-refractivity contribution < 1.29 is 4.42 Å². The minimum Gasteiger partial charge on any atom is -0.467 e. The third kappa shape index (κ3) is 2.69. The maximum atomic E-state index is 5.40. The average molecular weight is 270 g/mol. The van der Waals surface area contributed by atoms with Gasteiger partial charge in [-0.2, -0.15) is 0 Å². The second kappa shape index (κ2) is 5.28. The molecular formula is C15H14N2OS. The molecule has 3 aromatic rings. The predicted molar refractivity (Wildman–Crippen MR) is 78.3 cm³/mol. The first-order valence-corrected chi connectivity index (χ1v) is 6.97. The first kappa shape index (κ1) is 12.0. The van der Waals surface area contributed by atoms with Crippen molar-refractivity contribution in [2.75, 3.05) is 5.32 Å². The molecule has 0 saturated carbocycles. The topological polar surface area (TPSA) is 38.1 Å². The molecule has 0 aliphatic heterocycles. The summed E-state index contributed by atoms with van der Waals surface area (Å²) in [5.74, 6) is 0.976. The summed E-state index contributed by atoms with van der Waals surface area (Å²) in [6.07, 6.45) is 3.55. The maximum absolute atomic E-state index is 5.40. The zero-order valence-electron chi connectivity index (χ0n) is 10.6. The van der Waals surface area contributed by atoms with Crippen molar-refractivity contribution in [2.24, 2.45) is 0 Å². The van der Waals surface area contributed by atoms with E-state index in [9.17, 15) is 0 Å². The monoisotopic (exact) mass is 270 g/mol. The fraction of sp³-hybridized carbons (Fsp3) is 0.133. The molecule has 0 fully saturated rings. The summed E-state index contributed by atoms with van der Waals surface area (Å²) in [5, 5.41) is 6.39. The van der Waals surface area contributed by atoms with Gasteiger partial charge < -0.3 is 9.73 Å². The molecule has 3 rings (SSSR count). The van der Waals surface area contributed by atoms with Crippen LogP contribution in [0.5, 0.6) is 0 Å². The third-order valence-electron chi connectivity index (χ3n) is 2.99. The van der Waals surface area contributed by atoms with E-state index in [2.05, 4.69) is 34.6 Å². The van der Waals surface area contributed by atoms with E-state index in [1.807, 2.05) is 24.6 Å². The van der Waals surface area contributed by atoms with Gasteiger partial charge in [0.1, 0.15) is 10.8 Å². The number of anilines is 1. The molecule has 1 N–H and O–H groups in total. The van der Waals surface area contributed by atoms with Crippen LogP contribution in [-0.2, 0) is 6.54 Å². The lowest BCUT2D eigenvalue weighted by Gasteiger charge is -2.06. The van der Waals surface area contributed by atoms with Gasteiger partial charge in [-0.3, -0.25) is 0 Å². The molecular weight excluding hydrogens is 256 g/mol. The van der Waals surface area contributed by atoms with Gasteiger partial charge in [0.05, 0.1) is 12.8 Å². The summed E-state index contributed by atoms with van der Waals surface area (Å²) in [5.41, 5.74) is 3.40. The number of aromatic nitrogens is 1. The highest BCUT2D eigenvalue weighted by Crippen LogP contribution is 2.23. The van der Waals surface area contributed by atoms with Crippen molar-refractivity contribution in [3.8, 4) is 10.6 Å². The van der Waals surface area contributed by atoms with E-state index >= 15 is 0 Å². The van der Waals surface area contributed by atoms with Crippen LogP contribution in [0.4, 0.5) is 5.69 Å². The van der Waals surface area contributed by atoms with Crippen LogP contribution in [0, 0.1) is 6.92 Å². The smallest absolute Gasteiger partial charge is 0.125 e. The molecule has 2 aromatic heterocycles. The molecule has 0 unspecified atom stereocenters. The van der Waals surface area contributed by atoms with Crippen LogP contribution in [0.15, 0.2) is 52.6 Å². The summed E-state index contributed by atoms with van der Waals surface area (Å²) >= 11 is 1.65. The van der Waals surface area contributed by atoms with Crippen molar-refractivity contribution in [1.82, 2.24) is 4.98 Å². The second-order valence-corrected chi connectivity index (χ2v) is 5.19. The van der Waals surface area contributed by atoms with Gasteiger partial charge in [0.25, 0.3) is 0 Å². The lowest BCUT2D eigenvalue weighted by Crippen LogP contribution is -1.99. The lowest BCUT2D eigenvalue weighted by atomic mass is 10.2. The molecule has 0 radical (unpaired) electrons. The molecule has 1 aromatic carbocycles. The summed E-state index contributed by atoms with van der Waals surface area (Å²) in [7, 11) is 0. The van der Waals surface area contributed by atoms with Gasteiger partial charge in [-0.05, 0) is 42.8 Å². The normalized spacial score (nSPS) is 10.6. The van der Waals surface area contributed by atoms with Crippen molar-refractivity contribution in [1.29, 1.82) is 0 Å². The summed E-state index contributed by atoms with van der Waals surface area (Å²) in [6.45, 7) is 2.75. The van der Waals surface area contributed by atoms with E-state index in [0.29, 0.717) is 6.54 Å². The maximum Gasteiger partial charge on any atom is 0.125 e. The number of aryl methyl sites for hydroxylation is 1. The molecule has 0 bridgehead atoms. The van der Waals surface area contributed by atoms with Gasteiger partial charge in [-0.1, -0.05) is 0 Å². The van der Waals surface area contributed by atoms with Crippen molar-refractivity contribution in [2.45, 2.75) is 13.5 Å². The van der Waals surface area contributed by atoms with Crippen molar-refractivity contribution in [3.63, 3.8) is 0 Å². The zero-order valence-corrected chi connectivity index (χ0v) is 11.4. The van der Waals surface area contributed by atoms with E-state index in [4.69, 9.17) is 4.42 Å². The Kier molecular flexibility index (Phi) is 3.33. The molecule has 3 nitrogen and oxygen atoms in total. The Bertz CT molecular complexity index is 641. The van der Waals surface area contributed by atoms with Gasteiger partial charge in [-0.25, -0.2) is 4.98 Å². The molecule has 19 heavy (non-hydrogen) atoms. The Labute approximate surface area is 115 Å². The number of hydrogen-bond donors (Lipinski definition) is 1.